The molecule has 59 heavy (non-hydrogen) atoms. The van der Waals surface area contributed by atoms with Crippen LogP contribution in [-0.2, 0) is 32.7 Å². The number of phosphoric ester groups is 1. The van der Waals surface area contributed by atoms with Crippen LogP contribution in [0.3, 0.4) is 0 Å². The van der Waals surface area contributed by atoms with Gasteiger partial charge in [-0.25, -0.2) is 0 Å². The third-order valence-corrected chi connectivity index (χ3v) is 10.3. The van der Waals surface area contributed by atoms with Crippen molar-refractivity contribution in [3.63, 3.8) is 0 Å². The van der Waals surface area contributed by atoms with Crippen molar-refractivity contribution in [2.75, 3.05) is 47.5 Å². The molecule has 0 fully saturated rings. The Hall–Kier alpha value is -2.59. The van der Waals surface area contributed by atoms with Crippen LogP contribution < -0.4 is 4.89 Å². The molecule has 0 rings (SSSR count). The Morgan fingerprint density at radius 3 is 1.75 bits per heavy atom. The van der Waals surface area contributed by atoms with Crippen molar-refractivity contribution in [2.24, 2.45) is 0 Å². The Labute approximate surface area is 360 Å². The fraction of sp³-hybridized carbons (Fsp3) is 0.708. The normalized spacial score (nSPS) is 14.8. The number of hydrogen-bond donors (Lipinski definition) is 1. The fourth-order valence-corrected chi connectivity index (χ4v) is 6.49. The summed E-state index contributed by atoms with van der Waals surface area (Å²) < 4.78 is 33.8. The molecule has 0 aliphatic rings. The summed E-state index contributed by atoms with van der Waals surface area (Å²) in [6, 6.07) is 0. The number of carbonyl (C=O) groups excluding carboxylic acids is 2. The summed E-state index contributed by atoms with van der Waals surface area (Å²) in [7, 11) is 1.09. The predicted octanol–water partition coefficient (Wildman–Crippen LogP) is 11.4. The topological polar surface area (TPSA) is 131 Å². The number of aliphatic hydroxyl groups is 1. The zero-order valence-corrected chi connectivity index (χ0v) is 38.7. The zero-order chi connectivity index (χ0) is 43.7. The third kappa shape index (κ3) is 43.3. The first-order valence-electron chi connectivity index (χ1n) is 22.8. The predicted molar refractivity (Wildman–Crippen MR) is 242 cm³/mol. The molecule has 0 spiro atoms. The molecular formula is C48H84NO9P. The highest BCUT2D eigenvalue weighted by atomic mass is 31.2. The first kappa shape index (κ1) is 56.4. The molecule has 0 aromatic rings. The van der Waals surface area contributed by atoms with Gasteiger partial charge in [-0.1, -0.05) is 177 Å². The van der Waals surface area contributed by atoms with Crippen LogP contribution in [0, 0.1) is 0 Å². The molecule has 0 amide bonds. The van der Waals surface area contributed by atoms with Gasteiger partial charge in [0.05, 0.1) is 33.9 Å². The summed E-state index contributed by atoms with van der Waals surface area (Å²) in [4.78, 5) is 37.5. The Morgan fingerprint density at radius 2 is 1.19 bits per heavy atom. The molecule has 0 aliphatic heterocycles. The second-order valence-electron chi connectivity index (χ2n) is 16.2. The average molecular weight is 850 g/mol. The van der Waals surface area contributed by atoms with Crippen molar-refractivity contribution in [1.29, 1.82) is 0 Å². The minimum atomic E-state index is -4.66. The number of hydrogen-bond acceptors (Lipinski definition) is 9. The van der Waals surface area contributed by atoms with Crippen LogP contribution in [0.25, 0.3) is 0 Å². The van der Waals surface area contributed by atoms with Gasteiger partial charge in [0.2, 0.25) is 0 Å². The van der Waals surface area contributed by atoms with Gasteiger partial charge >= 0.3 is 11.9 Å². The van der Waals surface area contributed by atoms with E-state index >= 15 is 0 Å². The van der Waals surface area contributed by atoms with Crippen LogP contribution in [0.15, 0.2) is 72.9 Å². The van der Waals surface area contributed by atoms with Crippen molar-refractivity contribution < 1.29 is 47.2 Å². The lowest BCUT2D eigenvalue weighted by atomic mass is 10.0. The molecule has 11 heteroatoms. The van der Waals surface area contributed by atoms with E-state index in [1.165, 1.54) is 77.0 Å². The van der Waals surface area contributed by atoms with Crippen molar-refractivity contribution in [1.82, 2.24) is 0 Å². The zero-order valence-electron chi connectivity index (χ0n) is 37.8. The van der Waals surface area contributed by atoms with Gasteiger partial charge in [-0.2, -0.15) is 0 Å². The van der Waals surface area contributed by atoms with E-state index in [1.54, 1.807) is 6.08 Å². The highest BCUT2D eigenvalue weighted by Gasteiger charge is 2.21. The van der Waals surface area contributed by atoms with Crippen LogP contribution in [0.4, 0.5) is 0 Å². The quantitative estimate of drug-likeness (QED) is 0.0160. The minimum absolute atomic E-state index is 0.0538. The number of quaternary nitrogens is 1. The number of unbranched alkanes of at least 4 members (excludes halogenated alkanes) is 14. The monoisotopic (exact) mass is 850 g/mol. The number of carbonyl (C=O) groups is 2. The maximum Gasteiger partial charge on any atom is 0.306 e. The summed E-state index contributed by atoms with van der Waals surface area (Å²) >= 11 is 0. The van der Waals surface area contributed by atoms with E-state index in [1.807, 2.05) is 63.7 Å². The number of phosphoric acid groups is 1. The van der Waals surface area contributed by atoms with Gasteiger partial charge in [0.25, 0.3) is 7.82 Å². The highest BCUT2D eigenvalue weighted by Crippen LogP contribution is 2.38. The lowest BCUT2D eigenvalue weighted by Crippen LogP contribution is -2.37. The molecule has 0 saturated heterocycles. The number of ether oxygens (including phenoxy) is 2. The molecule has 10 nitrogen and oxygen atoms in total. The first-order valence-corrected chi connectivity index (χ1v) is 24.2. The van der Waals surface area contributed by atoms with Crippen LogP contribution in [0.2, 0.25) is 0 Å². The minimum Gasteiger partial charge on any atom is -0.756 e. The summed E-state index contributed by atoms with van der Waals surface area (Å²) in [6.45, 7) is 3.91. The summed E-state index contributed by atoms with van der Waals surface area (Å²) in [6.07, 6.45) is 45.6. The summed E-state index contributed by atoms with van der Waals surface area (Å²) in [5, 5.41) is 9.85. The molecule has 0 heterocycles. The van der Waals surface area contributed by atoms with Crippen LogP contribution in [0.5, 0.6) is 0 Å². The van der Waals surface area contributed by atoms with Gasteiger partial charge in [-0.3, -0.25) is 14.2 Å². The van der Waals surface area contributed by atoms with E-state index in [0.29, 0.717) is 30.3 Å². The standard InChI is InChI=1S/C48H84NO9P/c1-6-8-10-11-12-13-14-15-16-19-22-25-28-31-35-39-47(51)55-43-46(44-57-59(53,54)56-42-41-49(3,4)5)58-48(52)40-36-32-29-26-23-20-17-18-21-24-27-30-34-38-45(50)37-33-9-7-2/h9,18,20-21,23,27,29-30,32-34,38,45-46,50H,6-8,10-17,19,22,24-26,28,31,35-37,39-44H2,1-5H3/b21-18-,23-20-,30-27+,32-29-,33-9-,38-34+/t45?,46-/m1/s1. The van der Waals surface area contributed by atoms with Gasteiger partial charge in [0, 0.05) is 12.8 Å². The van der Waals surface area contributed by atoms with Crippen LogP contribution >= 0.6 is 7.82 Å². The van der Waals surface area contributed by atoms with E-state index in [2.05, 4.69) is 38.2 Å². The fourth-order valence-electron chi connectivity index (χ4n) is 5.76. The van der Waals surface area contributed by atoms with Gasteiger partial charge in [-0.05, 0) is 44.9 Å². The Kier molecular flexibility index (Phi) is 37.8. The number of likely N-dealkylation sites (N-methyl/N-ethyl adjacent to an activating group) is 1. The first-order chi connectivity index (χ1) is 28.4. The summed E-state index contributed by atoms with van der Waals surface area (Å²) in [5.41, 5.74) is 0. The second kappa shape index (κ2) is 39.5. The van der Waals surface area contributed by atoms with Crippen molar-refractivity contribution in [3.8, 4) is 0 Å². The average Bonchev–Trinajstić information content (AvgIpc) is 3.18. The molecule has 0 bridgehead atoms. The van der Waals surface area contributed by atoms with E-state index in [-0.39, 0.29) is 26.1 Å². The van der Waals surface area contributed by atoms with Gasteiger partial charge in [0.15, 0.2) is 6.10 Å². The van der Waals surface area contributed by atoms with E-state index in [0.717, 1.165) is 38.5 Å². The van der Waals surface area contributed by atoms with Gasteiger partial charge in [0.1, 0.15) is 19.8 Å². The molecular weight excluding hydrogens is 766 g/mol. The van der Waals surface area contributed by atoms with E-state index in [4.69, 9.17) is 18.5 Å². The molecule has 340 valence electrons. The van der Waals surface area contributed by atoms with Crippen molar-refractivity contribution >= 4 is 19.8 Å². The SMILES string of the molecule is CC/C=C\CC(O)/C=C/C=C/C/C=C\C/C=C\C/C=C\CCC(=O)O[C@H](COC(=O)CCCCCCCCCCCCCCCCC)COP(=O)([O-])OCC[N+](C)(C)C. The molecule has 0 aromatic heterocycles. The number of esters is 2. The Morgan fingerprint density at radius 1 is 0.644 bits per heavy atom. The molecule has 0 saturated carbocycles. The molecule has 0 aliphatic carbocycles. The molecule has 1 N–H and O–H groups in total. The maximum absolute atomic E-state index is 12.7. The van der Waals surface area contributed by atoms with Crippen LogP contribution in [-0.4, -0.2) is 81.2 Å². The number of rotatable bonds is 40. The second-order valence-corrected chi connectivity index (χ2v) is 17.7. The third-order valence-electron chi connectivity index (χ3n) is 9.33. The summed E-state index contributed by atoms with van der Waals surface area (Å²) in [5.74, 6) is -0.955. The maximum atomic E-state index is 12.7. The molecule has 0 aromatic carbocycles. The molecule has 2 unspecified atom stereocenters. The van der Waals surface area contributed by atoms with E-state index in [9.17, 15) is 24.2 Å². The molecule has 3 atom stereocenters. The van der Waals surface area contributed by atoms with Gasteiger partial charge < -0.3 is 33.0 Å². The lowest BCUT2D eigenvalue weighted by molar-refractivity contribution is -0.870. The molecule has 0 radical (unpaired) electrons. The number of nitrogens with zero attached hydrogens (tertiary/aromatic N) is 1. The lowest BCUT2D eigenvalue weighted by Gasteiger charge is -2.28. The van der Waals surface area contributed by atoms with Crippen LogP contribution in [0.1, 0.15) is 162 Å². The Bertz CT molecular complexity index is 1250. The highest BCUT2D eigenvalue weighted by molar-refractivity contribution is 7.45. The Balaban J connectivity index is 4.51. The number of aliphatic hydroxyl groups excluding tert-OH is 1. The largest absolute Gasteiger partial charge is 0.756 e. The van der Waals surface area contributed by atoms with Crippen molar-refractivity contribution in [3.05, 3.63) is 72.9 Å². The van der Waals surface area contributed by atoms with Gasteiger partial charge in [-0.15, -0.1) is 0 Å². The smallest absolute Gasteiger partial charge is 0.306 e. The van der Waals surface area contributed by atoms with E-state index < -0.39 is 38.6 Å². The van der Waals surface area contributed by atoms with Crippen molar-refractivity contribution in [2.45, 2.75) is 174 Å². The number of allylic oxidation sites excluding steroid dienone is 10.